The Kier molecular flexibility index (Phi) is 5.62. The predicted molar refractivity (Wildman–Crippen MR) is 96.1 cm³/mol. The average Bonchev–Trinajstić information content (AvgIpc) is 2.64. The maximum atomic E-state index is 10.9. The third-order valence-corrected chi connectivity index (χ3v) is 4.54. The number of aliphatic hydroxyl groups excluding tert-OH is 1. The van der Waals surface area contributed by atoms with Crippen molar-refractivity contribution in [3.8, 4) is 0 Å². The fraction of sp³-hybridized carbons (Fsp3) is 0.333. The van der Waals surface area contributed by atoms with Gasteiger partial charge >= 0.3 is 0 Å². The molecule has 2 nitrogen and oxygen atoms in total. The highest BCUT2D eigenvalue weighted by Crippen LogP contribution is 2.30. The summed E-state index contributed by atoms with van der Waals surface area (Å²) in [6.45, 7) is 3.24. The summed E-state index contributed by atoms with van der Waals surface area (Å²) in [6, 6.07) is 20.1. The smallest absolute Gasteiger partial charge is 0.104 e. The maximum Gasteiger partial charge on any atom is 0.104 e. The largest absolute Gasteiger partial charge is 0.384 e. The minimum Gasteiger partial charge on any atom is -0.384 e. The van der Waals surface area contributed by atoms with Gasteiger partial charge in [0.2, 0.25) is 0 Å². The molecule has 0 spiro atoms. The average molecular weight is 307 g/mol. The van der Waals surface area contributed by atoms with E-state index in [9.17, 15) is 5.11 Å². The molecular formula is C21H25NO. The molecule has 1 saturated heterocycles. The van der Waals surface area contributed by atoms with Crippen molar-refractivity contribution >= 4 is 5.57 Å². The van der Waals surface area contributed by atoms with Gasteiger partial charge in [0.15, 0.2) is 0 Å². The first-order valence-corrected chi connectivity index (χ1v) is 8.55. The zero-order chi connectivity index (χ0) is 15.9. The molecule has 120 valence electrons. The van der Waals surface area contributed by atoms with Crippen LogP contribution in [-0.4, -0.2) is 29.6 Å². The molecule has 0 bridgehead atoms. The van der Waals surface area contributed by atoms with E-state index in [0.717, 1.165) is 23.2 Å². The molecule has 0 aromatic heterocycles. The molecule has 1 N–H and O–H groups in total. The zero-order valence-corrected chi connectivity index (χ0v) is 13.6. The van der Waals surface area contributed by atoms with Crippen LogP contribution >= 0.6 is 0 Å². The molecule has 1 aliphatic rings. The summed E-state index contributed by atoms with van der Waals surface area (Å²) in [4.78, 5) is 2.48. The molecule has 23 heavy (non-hydrogen) atoms. The SMILES string of the molecule is OC(C(=CCN1CCCCC1)c1ccccc1)c1ccccc1. The minimum atomic E-state index is -0.580. The number of likely N-dealkylation sites (tertiary alicyclic amines) is 1. The summed E-state index contributed by atoms with van der Waals surface area (Å²) in [5.41, 5.74) is 3.05. The Bertz CT molecular complexity index is 615. The van der Waals surface area contributed by atoms with Crippen LogP contribution in [0.2, 0.25) is 0 Å². The quantitative estimate of drug-likeness (QED) is 0.890. The zero-order valence-electron chi connectivity index (χ0n) is 13.6. The summed E-state index contributed by atoms with van der Waals surface area (Å²) in [5, 5.41) is 10.9. The third-order valence-electron chi connectivity index (χ3n) is 4.54. The van der Waals surface area contributed by atoms with Crippen LogP contribution in [0, 0.1) is 0 Å². The normalized spacial score (nSPS) is 17.9. The van der Waals surface area contributed by atoms with Gasteiger partial charge in [-0.2, -0.15) is 0 Å². The van der Waals surface area contributed by atoms with E-state index in [2.05, 4.69) is 23.1 Å². The van der Waals surface area contributed by atoms with Gasteiger partial charge in [-0.1, -0.05) is 73.2 Å². The Morgan fingerprint density at radius 1 is 0.913 bits per heavy atom. The first-order valence-electron chi connectivity index (χ1n) is 8.55. The Balaban J connectivity index is 1.84. The summed E-state index contributed by atoms with van der Waals surface area (Å²) < 4.78 is 0. The molecule has 1 fully saturated rings. The second kappa shape index (κ2) is 8.09. The van der Waals surface area contributed by atoms with Crippen LogP contribution in [0.1, 0.15) is 36.5 Å². The molecule has 1 heterocycles. The Hall–Kier alpha value is -1.90. The van der Waals surface area contributed by atoms with Gasteiger partial charge in [-0.15, -0.1) is 0 Å². The van der Waals surface area contributed by atoms with Crippen molar-refractivity contribution in [1.29, 1.82) is 0 Å². The van der Waals surface area contributed by atoms with E-state index in [1.54, 1.807) is 0 Å². The second-order valence-electron chi connectivity index (χ2n) is 6.20. The highest BCUT2D eigenvalue weighted by Gasteiger charge is 2.16. The van der Waals surface area contributed by atoms with Crippen LogP contribution in [0.5, 0.6) is 0 Å². The lowest BCUT2D eigenvalue weighted by Gasteiger charge is -2.26. The summed E-state index contributed by atoms with van der Waals surface area (Å²) in [6.07, 6.45) is 5.55. The minimum absolute atomic E-state index is 0.580. The molecule has 0 aliphatic carbocycles. The van der Waals surface area contributed by atoms with Gasteiger partial charge in [0.05, 0.1) is 0 Å². The molecule has 0 radical (unpaired) electrons. The molecule has 0 saturated carbocycles. The highest BCUT2D eigenvalue weighted by atomic mass is 16.3. The molecule has 1 unspecified atom stereocenters. The molecule has 0 amide bonds. The molecule has 2 aromatic rings. The van der Waals surface area contributed by atoms with E-state index in [1.165, 1.54) is 32.4 Å². The van der Waals surface area contributed by atoms with E-state index >= 15 is 0 Å². The van der Waals surface area contributed by atoms with Crippen LogP contribution in [0.25, 0.3) is 5.57 Å². The van der Waals surface area contributed by atoms with E-state index in [0.29, 0.717) is 0 Å². The molecule has 1 aliphatic heterocycles. The van der Waals surface area contributed by atoms with Crippen molar-refractivity contribution in [1.82, 2.24) is 4.90 Å². The third kappa shape index (κ3) is 4.31. The van der Waals surface area contributed by atoms with Crippen molar-refractivity contribution in [2.45, 2.75) is 25.4 Å². The maximum absolute atomic E-state index is 10.9. The van der Waals surface area contributed by atoms with Crippen LogP contribution in [0.3, 0.4) is 0 Å². The number of aliphatic hydroxyl groups is 1. The number of rotatable bonds is 5. The lowest BCUT2D eigenvalue weighted by Crippen LogP contribution is -2.30. The standard InChI is InChI=1S/C21H25NO/c23-21(19-12-6-2-7-13-19)20(18-10-4-1-5-11-18)14-17-22-15-8-3-9-16-22/h1-2,4-7,10-14,21,23H,3,8-9,15-17H2. The number of piperidine rings is 1. The number of benzene rings is 2. The van der Waals surface area contributed by atoms with E-state index in [1.807, 2.05) is 48.5 Å². The topological polar surface area (TPSA) is 23.5 Å². The molecule has 3 rings (SSSR count). The summed E-state index contributed by atoms with van der Waals surface area (Å²) in [5.74, 6) is 0. The number of hydrogen-bond donors (Lipinski definition) is 1. The molecule has 2 heteroatoms. The van der Waals surface area contributed by atoms with Crippen LogP contribution in [0.15, 0.2) is 66.7 Å². The first-order chi connectivity index (χ1) is 11.3. The summed E-state index contributed by atoms with van der Waals surface area (Å²) >= 11 is 0. The van der Waals surface area contributed by atoms with Gasteiger partial charge in [0, 0.05) is 6.54 Å². The van der Waals surface area contributed by atoms with Gasteiger partial charge in [0.25, 0.3) is 0 Å². The van der Waals surface area contributed by atoms with Crippen molar-refractivity contribution in [3.05, 3.63) is 77.9 Å². The van der Waals surface area contributed by atoms with E-state index in [-0.39, 0.29) is 0 Å². The van der Waals surface area contributed by atoms with E-state index < -0.39 is 6.10 Å². The Morgan fingerprint density at radius 2 is 1.52 bits per heavy atom. The Labute approximate surface area is 139 Å². The monoisotopic (exact) mass is 307 g/mol. The second-order valence-corrected chi connectivity index (χ2v) is 6.20. The molecule has 1 atom stereocenters. The number of nitrogens with zero attached hydrogens (tertiary/aromatic N) is 1. The lowest BCUT2D eigenvalue weighted by molar-refractivity contribution is 0.234. The van der Waals surface area contributed by atoms with Crippen LogP contribution < -0.4 is 0 Å². The lowest BCUT2D eigenvalue weighted by atomic mass is 9.94. The van der Waals surface area contributed by atoms with Gasteiger partial charge in [0.1, 0.15) is 6.10 Å². The van der Waals surface area contributed by atoms with Gasteiger partial charge in [-0.25, -0.2) is 0 Å². The fourth-order valence-electron chi connectivity index (χ4n) is 3.20. The number of hydrogen-bond acceptors (Lipinski definition) is 2. The van der Waals surface area contributed by atoms with Gasteiger partial charge in [-0.3, -0.25) is 4.90 Å². The molecular weight excluding hydrogens is 282 g/mol. The van der Waals surface area contributed by atoms with Crippen molar-refractivity contribution < 1.29 is 5.11 Å². The van der Waals surface area contributed by atoms with Crippen LogP contribution in [0.4, 0.5) is 0 Å². The van der Waals surface area contributed by atoms with Crippen LogP contribution in [-0.2, 0) is 0 Å². The van der Waals surface area contributed by atoms with Crippen molar-refractivity contribution in [2.24, 2.45) is 0 Å². The fourth-order valence-corrected chi connectivity index (χ4v) is 3.20. The predicted octanol–water partition coefficient (Wildman–Crippen LogP) is 4.29. The summed E-state index contributed by atoms with van der Waals surface area (Å²) in [7, 11) is 0. The first kappa shape index (κ1) is 16.0. The Morgan fingerprint density at radius 3 is 2.17 bits per heavy atom. The van der Waals surface area contributed by atoms with Crippen molar-refractivity contribution in [2.75, 3.05) is 19.6 Å². The molecule has 2 aromatic carbocycles. The van der Waals surface area contributed by atoms with Gasteiger partial charge < -0.3 is 5.11 Å². The highest BCUT2D eigenvalue weighted by molar-refractivity contribution is 5.70. The van der Waals surface area contributed by atoms with Gasteiger partial charge in [-0.05, 0) is 42.6 Å². The van der Waals surface area contributed by atoms with E-state index in [4.69, 9.17) is 0 Å². The van der Waals surface area contributed by atoms with Crippen molar-refractivity contribution in [3.63, 3.8) is 0 Å².